The standard InChI is InChI=1S/C10H8Cl2N2O/c11-7-2-1-3-8(10(7)12)14-5-4-13-9(15)6-14/h1-5H,6H2,(H,13,15). The van der Waals surface area contributed by atoms with Gasteiger partial charge in [0.1, 0.15) is 6.54 Å². The predicted octanol–water partition coefficient (Wildman–Crippen LogP) is 2.40. The topological polar surface area (TPSA) is 32.3 Å². The summed E-state index contributed by atoms with van der Waals surface area (Å²) in [6.45, 7) is 0.247. The van der Waals surface area contributed by atoms with E-state index in [0.29, 0.717) is 10.0 Å². The molecule has 0 spiro atoms. The smallest absolute Gasteiger partial charge is 0.243 e. The van der Waals surface area contributed by atoms with Crippen molar-refractivity contribution in [2.75, 3.05) is 11.4 Å². The van der Waals surface area contributed by atoms with Crippen LogP contribution in [0.3, 0.4) is 0 Å². The van der Waals surface area contributed by atoms with Crippen LogP contribution in [0.4, 0.5) is 5.69 Å². The lowest BCUT2D eigenvalue weighted by Gasteiger charge is -2.24. The predicted molar refractivity (Wildman–Crippen MR) is 61.1 cm³/mol. The fourth-order valence-corrected chi connectivity index (χ4v) is 1.76. The SMILES string of the molecule is O=C1CN(c2cccc(Cl)c2Cl)C=CN1. The molecule has 0 aromatic heterocycles. The second-order valence-corrected chi connectivity index (χ2v) is 3.87. The maximum absolute atomic E-state index is 11.2. The van der Waals surface area contributed by atoms with Crippen LogP contribution < -0.4 is 10.2 Å². The van der Waals surface area contributed by atoms with Crippen LogP contribution >= 0.6 is 23.2 Å². The van der Waals surface area contributed by atoms with Crippen molar-refractivity contribution < 1.29 is 4.79 Å². The monoisotopic (exact) mass is 242 g/mol. The number of hydrogen-bond donors (Lipinski definition) is 1. The lowest BCUT2D eigenvalue weighted by atomic mass is 10.2. The van der Waals surface area contributed by atoms with E-state index in [2.05, 4.69) is 5.32 Å². The van der Waals surface area contributed by atoms with Crippen molar-refractivity contribution in [1.82, 2.24) is 5.32 Å². The maximum atomic E-state index is 11.2. The number of anilines is 1. The molecule has 0 unspecified atom stereocenters. The zero-order valence-corrected chi connectivity index (χ0v) is 9.22. The highest BCUT2D eigenvalue weighted by molar-refractivity contribution is 6.43. The Morgan fingerprint density at radius 1 is 1.33 bits per heavy atom. The van der Waals surface area contributed by atoms with Crippen LogP contribution in [-0.4, -0.2) is 12.5 Å². The molecule has 0 saturated heterocycles. The van der Waals surface area contributed by atoms with E-state index in [9.17, 15) is 4.79 Å². The molecule has 0 bridgehead atoms. The minimum Gasteiger partial charge on any atom is -0.336 e. The molecule has 0 saturated carbocycles. The molecule has 1 aromatic rings. The molecular weight excluding hydrogens is 235 g/mol. The van der Waals surface area contributed by atoms with E-state index in [1.54, 1.807) is 29.4 Å². The number of benzene rings is 1. The van der Waals surface area contributed by atoms with Gasteiger partial charge in [0.2, 0.25) is 5.91 Å². The van der Waals surface area contributed by atoms with Crippen LogP contribution in [-0.2, 0) is 4.79 Å². The quantitative estimate of drug-likeness (QED) is 0.821. The first-order valence-corrected chi connectivity index (χ1v) is 5.11. The number of carbonyl (C=O) groups is 1. The molecule has 1 N–H and O–H groups in total. The summed E-state index contributed by atoms with van der Waals surface area (Å²) < 4.78 is 0. The highest BCUT2D eigenvalue weighted by Crippen LogP contribution is 2.32. The second-order valence-electron chi connectivity index (χ2n) is 3.08. The number of amides is 1. The summed E-state index contributed by atoms with van der Waals surface area (Å²) in [5.74, 6) is -0.0754. The molecule has 15 heavy (non-hydrogen) atoms. The Balaban J connectivity index is 2.37. The van der Waals surface area contributed by atoms with Crippen molar-refractivity contribution in [3.63, 3.8) is 0 Å². The van der Waals surface area contributed by atoms with Gasteiger partial charge in [-0.1, -0.05) is 29.3 Å². The van der Waals surface area contributed by atoms with Crippen molar-refractivity contribution in [2.24, 2.45) is 0 Å². The van der Waals surface area contributed by atoms with E-state index in [-0.39, 0.29) is 12.5 Å². The molecule has 78 valence electrons. The van der Waals surface area contributed by atoms with Crippen LogP contribution in [0.5, 0.6) is 0 Å². The van der Waals surface area contributed by atoms with Gasteiger partial charge >= 0.3 is 0 Å². The molecule has 1 aliphatic heterocycles. The van der Waals surface area contributed by atoms with Gasteiger partial charge < -0.3 is 10.2 Å². The molecule has 1 aromatic carbocycles. The maximum Gasteiger partial charge on any atom is 0.243 e. The molecule has 0 aliphatic carbocycles. The zero-order chi connectivity index (χ0) is 10.8. The molecule has 3 nitrogen and oxygen atoms in total. The summed E-state index contributed by atoms with van der Waals surface area (Å²) in [4.78, 5) is 12.9. The molecule has 0 radical (unpaired) electrons. The van der Waals surface area contributed by atoms with Gasteiger partial charge in [0.05, 0.1) is 15.7 Å². The summed E-state index contributed by atoms with van der Waals surface area (Å²) in [7, 11) is 0. The third-order valence-corrected chi connectivity index (χ3v) is 2.86. The highest BCUT2D eigenvalue weighted by atomic mass is 35.5. The van der Waals surface area contributed by atoms with Gasteiger partial charge in [-0.2, -0.15) is 0 Å². The average Bonchev–Trinajstić information content (AvgIpc) is 2.22. The largest absolute Gasteiger partial charge is 0.336 e. The Morgan fingerprint density at radius 3 is 2.87 bits per heavy atom. The lowest BCUT2D eigenvalue weighted by Crippen LogP contribution is -2.36. The normalized spacial score (nSPS) is 15.3. The minimum absolute atomic E-state index is 0.0754. The van der Waals surface area contributed by atoms with Gasteiger partial charge in [0.25, 0.3) is 0 Å². The first kappa shape index (κ1) is 10.3. The fraction of sp³-hybridized carbons (Fsp3) is 0.100. The van der Waals surface area contributed by atoms with Crippen LogP contribution in [0, 0.1) is 0 Å². The van der Waals surface area contributed by atoms with Crippen molar-refractivity contribution in [1.29, 1.82) is 0 Å². The van der Waals surface area contributed by atoms with Crippen LogP contribution in [0.25, 0.3) is 0 Å². The lowest BCUT2D eigenvalue weighted by molar-refractivity contribution is -0.119. The molecular formula is C10H8Cl2N2O. The number of halogens is 2. The van der Waals surface area contributed by atoms with Gasteiger partial charge in [-0.25, -0.2) is 0 Å². The molecule has 1 amide bonds. The Morgan fingerprint density at radius 2 is 2.13 bits per heavy atom. The van der Waals surface area contributed by atoms with Gasteiger partial charge in [0.15, 0.2) is 0 Å². The number of hydrogen-bond acceptors (Lipinski definition) is 2. The Kier molecular flexibility index (Phi) is 2.84. The van der Waals surface area contributed by atoms with Crippen molar-refractivity contribution in [3.8, 4) is 0 Å². The summed E-state index contributed by atoms with van der Waals surface area (Å²) in [6.07, 6.45) is 3.32. The second kappa shape index (κ2) is 4.13. The van der Waals surface area contributed by atoms with Gasteiger partial charge in [0, 0.05) is 12.4 Å². The Bertz CT molecular complexity index is 431. The van der Waals surface area contributed by atoms with E-state index in [4.69, 9.17) is 23.2 Å². The molecule has 0 atom stereocenters. The number of carbonyl (C=O) groups excluding carboxylic acids is 1. The van der Waals surface area contributed by atoms with E-state index < -0.39 is 0 Å². The number of nitrogens with zero attached hydrogens (tertiary/aromatic N) is 1. The summed E-state index contributed by atoms with van der Waals surface area (Å²) in [5.41, 5.74) is 0.732. The molecule has 0 fully saturated rings. The van der Waals surface area contributed by atoms with E-state index in [0.717, 1.165) is 5.69 Å². The first-order valence-electron chi connectivity index (χ1n) is 4.35. The van der Waals surface area contributed by atoms with Crippen LogP contribution in [0.2, 0.25) is 10.0 Å². The van der Waals surface area contributed by atoms with Crippen LogP contribution in [0.15, 0.2) is 30.6 Å². The number of rotatable bonds is 1. The third kappa shape index (κ3) is 2.08. The Hall–Kier alpha value is -1.19. The third-order valence-electron chi connectivity index (χ3n) is 2.05. The van der Waals surface area contributed by atoms with E-state index in [1.165, 1.54) is 0 Å². The number of nitrogens with one attached hydrogen (secondary N) is 1. The van der Waals surface area contributed by atoms with Crippen molar-refractivity contribution in [2.45, 2.75) is 0 Å². The average molecular weight is 243 g/mol. The van der Waals surface area contributed by atoms with Gasteiger partial charge in [-0.15, -0.1) is 0 Å². The molecule has 2 rings (SSSR count). The minimum atomic E-state index is -0.0754. The van der Waals surface area contributed by atoms with Crippen LogP contribution in [0.1, 0.15) is 0 Å². The van der Waals surface area contributed by atoms with Crippen molar-refractivity contribution in [3.05, 3.63) is 40.6 Å². The van der Waals surface area contributed by atoms with E-state index >= 15 is 0 Å². The van der Waals surface area contributed by atoms with Crippen molar-refractivity contribution >= 4 is 34.8 Å². The summed E-state index contributed by atoms with van der Waals surface area (Å²) in [5, 5.41) is 3.52. The van der Waals surface area contributed by atoms with Gasteiger partial charge in [-0.3, -0.25) is 4.79 Å². The molecule has 1 aliphatic rings. The first-order chi connectivity index (χ1) is 7.18. The van der Waals surface area contributed by atoms with E-state index in [1.807, 2.05) is 6.07 Å². The fourth-order valence-electron chi connectivity index (χ4n) is 1.35. The van der Waals surface area contributed by atoms with Gasteiger partial charge in [-0.05, 0) is 12.1 Å². The zero-order valence-electron chi connectivity index (χ0n) is 7.71. The molecule has 1 heterocycles. The molecule has 5 heteroatoms. The summed E-state index contributed by atoms with van der Waals surface area (Å²) in [6, 6.07) is 5.32. The Labute approximate surface area is 97.3 Å². The highest BCUT2D eigenvalue weighted by Gasteiger charge is 2.15. The summed E-state index contributed by atoms with van der Waals surface area (Å²) >= 11 is 11.9.